The van der Waals surface area contributed by atoms with Crippen molar-refractivity contribution in [2.24, 2.45) is 7.05 Å². The molecule has 3 rings (SSSR count). The molecule has 0 saturated heterocycles. The topological polar surface area (TPSA) is 60.1 Å². The van der Waals surface area contributed by atoms with E-state index in [1.807, 2.05) is 31.2 Å². The van der Waals surface area contributed by atoms with Crippen LogP contribution in [0.25, 0.3) is 11.4 Å². The van der Waals surface area contributed by atoms with Crippen molar-refractivity contribution in [3.63, 3.8) is 0 Å². The lowest BCUT2D eigenvalue weighted by Crippen LogP contribution is -2.35. The first-order valence-corrected chi connectivity index (χ1v) is 7.44. The first-order chi connectivity index (χ1) is 10.5. The fourth-order valence-electron chi connectivity index (χ4n) is 2.45. The van der Waals surface area contributed by atoms with Gasteiger partial charge in [-0.1, -0.05) is 29.8 Å². The van der Waals surface area contributed by atoms with Crippen molar-refractivity contribution in [3.8, 4) is 11.4 Å². The fourth-order valence-corrected chi connectivity index (χ4v) is 2.45. The Hall–Kier alpha value is -2.37. The Kier molecular flexibility index (Phi) is 3.60. The highest BCUT2D eigenvalue weighted by molar-refractivity contribution is 5.76. The predicted octanol–water partition coefficient (Wildman–Crippen LogP) is 1.18. The van der Waals surface area contributed by atoms with Crippen LogP contribution in [-0.2, 0) is 18.4 Å². The maximum atomic E-state index is 12.3. The Morgan fingerprint density at radius 3 is 2.55 bits per heavy atom. The van der Waals surface area contributed by atoms with E-state index in [2.05, 4.69) is 5.10 Å². The maximum absolute atomic E-state index is 12.3. The van der Waals surface area contributed by atoms with E-state index in [1.165, 1.54) is 9.25 Å². The van der Waals surface area contributed by atoms with Crippen LogP contribution in [0.15, 0.2) is 29.1 Å². The Morgan fingerprint density at radius 1 is 1.32 bits per heavy atom. The zero-order chi connectivity index (χ0) is 15.9. The number of aryl methyl sites for hydroxylation is 1. The third-order valence-electron chi connectivity index (χ3n) is 4.12. The number of carbonyl (C=O) groups is 1. The summed E-state index contributed by atoms with van der Waals surface area (Å²) in [5.74, 6) is 0.505. The summed E-state index contributed by atoms with van der Waals surface area (Å²) in [6.45, 7) is 2.00. The molecule has 1 aromatic heterocycles. The molecule has 1 heterocycles. The number of amides is 1. The summed E-state index contributed by atoms with van der Waals surface area (Å²) in [5, 5.41) is 4.33. The van der Waals surface area contributed by atoms with Gasteiger partial charge in [-0.15, -0.1) is 5.10 Å². The molecule has 0 spiro atoms. The van der Waals surface area contributed by atoms with Gasteiger partial charge in [-0.3, -0.25) is 9.36 Å². The van der Waals surface area contributed by atoms with Crippen LogP contribution in [0.5, 0.6) is 0 Å². The van der Waals surface area contributed by atoms with Gasteiger partial charge in [0.1, 0.15) is 6.54 Å². The number of benzene rings is 1. The number of nitrogens with zero attached hydrogens (tertiary/aromatic N) is 4. The summed E-state index contributed by atoms with van der Waals surface area (Å²) in [7, 11) is 3.46. The van der Waals surface area contributed by atoms with E-state index in [4.69, 9.17) is 0 Å². The van der Waals surface area contributed by atoms with E-state index in [1.54, 1.807) is 19.0 Å². The summed E-state index contributed by atoms with van der Waals surface area (Å²) < 4.78 is 2.73. The van der Waals surface area contributed by atoms with Crippen LogP contribution in [0.1, 0.15) is 18.4 Å². The quantitative estimate of drug-likeness (QED) is 0.852. The molecule has 1 amide bonds. The molecule has 6 heteroatoms. The van der Waals surface area contributed by atoms with Crippen LogP contribution in [-0.4, -0.2) is 38.2 Å². The number of aromatic nitrogens is 3. The van der Waals surface area contributed by atoms with E-state index in [9.17, 15) is 9.59 Å². The monoisotopic (exact) mass is 300 g/mol. The van der Waals surface area contributed by atoms with E-state index < -0.39 is 0 Å². The highest BCUT2D eigenvalue weighted by Gasteiger charge is 2.30. The van der Waals surface area contributed by atoms with Gasteiger partial charge in [-0.05, 0) is 19.8 Å². The standard InChI is InChI=1S/C16H20N4O2/c1-11-4-6-12(7-5-11)15-17-20(16(22)19(15)3)10-14(21)18(2)13-8-9-13/h4-7,13H,8-10H2,1-3H3. The minimum Gasteiger partial charge on any atom is -0.341 e. The second kappa shape index (κ2) is 5.44. The average Bonchev–Trinajstić information content (AvgIpc) is 3.31. The molecule has 116 valence electrons. The van der Waals surface area contributed by atoms with Gasteiger partial charge in [0.15, 0.2) is 5.82 Å². The number of likely N-dealkylation sites (N-methyl/N-ethyl adjacent to an activating group) is 1. The molecular weight excluding hydrogens is 280 g/mol. The van der Waals surface area contributed by atoms with Crippen molar-refractivity contribution in [1.29, 1.82) is 0 Å². The normalized spacial score (nSPS) is 14.1. The van der Waals surface area contributed by atoms with Gasteiger partial charge in [0, 0.05) is 25.7 Å². The Labute approximate surface area is 129 Å². The first-order valence-electron chi connectivity index (χ1n) is 7.44. The largest absolute Gasteiger partial charge is 0.346 e. The average molecular weight is 300 g/mol. The van der Waals surface area contributed by atoms with E-state index >= 15 is 0 Å². The van der Waals surface area contributed by atoms with Gasteiger partial charge >= 0.3 is 5.69 Å². The third kappa shape index (κ3) is 2.68. The summed E-state index contributed by atoms with van der Waals surface area (Å²) in [5.41, 5.74) is 1.74. The third-order valence-corrected chi connectivity index (χ3v) is 4.12. The van der Waals surface area contributed by atoms with Crippen molar-refractivity contribution in [1.82, 2.24) is 19.2 Å². The maximum Gasteiger partial charge on any atom is 0.346 e. The molecule has 1 aliphatic rings. The van der Waals surface area contributed by atoms with Crippen LogP contribution < -0.4 is 5.69 Å². The van der Waals surface area contributed by atoms with Crippen LogP contribution in [0.2, 0.25) is 0 Å². The lowest BCUT2D eigenvalue weighted by molar-refractivity contribution is -0.131. The molecule has 1 fully saturated rings. The molecule has 1 saturated carbocycles. The number of hydrogen-bond donors (Lipinski definition) is 0. The van der Waals surface area contributed by atoms with Crippen LogP contribution in [0.4, 0.5) is 0 Å². The lowest BCUT2D eigenvalue weighted by atomic mass is 10.1. The highest BCUT2D eigenvalue weighted by atomic mass is 16.2. The van der Waals surface area contributed by atoms with Gasteiger partial charge in [-0.25, -0.2) is 9.48 Å². The Morgan fingerprint density at radius 2 is 1.95 bits per heavy atom. The van der Waals surface area contributed by atoms with Crippen molar-refractivity contribution in [2.75, 3.05) is 7.05 Å². The van der Waals surface area contributed by atoms with Crippen molar-refractivity contribution < 1.29 is 4.79 Å². The summed E-state index contributed by atoms with van der Waals surface area (Å²) in [6, 6.07) is 8.15. The predicted molar refractivity (Wildman–Crippen MR) is 83.4 cm³/mol. The smallest absolute Gasteiger partial charge is 0.341 e. The molecule has 0 bridgehead atoms. The molecule has 1 aromatic carbocycles. The van der Waals surface area contributed by atoms with Crippen LogP contribution in [0, 0.1) is 6.92 Å². The SMILES string of the molecule is Cc1ccc(-c2nn(CC(=O)N(C)C3CC3)c(=O)n2C)cc1. The lowest BCUT2D eigenvalue weighted by Gasteiger charge is -2.15. The summed E-state index contributed by atoms with van der Waals surface area (Å²) >= 11 is 0. The van der Waals surface area contributed by atoms with E-state index in [0.717, 1.165) is 24.0 Å². The van der Waals surface area contributed by atoms with Gasteiger partial charge in [0.2, 0.25) is 5.91 Å². The second-order valence-corrected chi connectivity index (χ2v) is 5.92. The molecular formula is C16H20N4O2. The van der Waals surface area contributed by atoms with Gasteiger partial charge in [0.25, 0.3) is 0 Å². The molecule has 0 unspecified atom stereocenters. The van der Waals surface area contributed by atoms with Crippen molar-refractivity contribution in [3.05, 3.63) is 40.3 Å². The zero-order valence-corrected chi connectivity index (χ0v) is 13.1. The van der Waals surface area contributed by atoms with Crippen LogP contribution in [0.3, 0.4) is 0 Å². The van der Waals surface area contributed by atoms with Gasteiger partial charge in [0.05, 0.1) is 0 Å². The Balaban J connectivity index is 1.87. The minimum atomic E-state index is -0.270. The number of carbonyl (C=O) groups excluding carboxylic acids is 1. The highest BCUT2D eigenvalue weighted by Crippen LogP contribution is 2.25. The van der Waals surface area contributed by atoms with Crippen LogP contribution >= 0.6 is 0 Å². The summed E-state index contributed by atoms with van der Waals surface area (Å²) in [6.07, 6.45) is 2.10. The van der Waals surface area contributed by atoms with E-state index in [0.29, 0.717) is 11.9 Å². The molecule has 0 radical (unpaired) electrons. The van der Waals surface area contributed by atoms with Crippen molar-refractivity contribution >= 4 is 5.91 Å². The zero-order valence-electron chi connectivity index (χ0n) is 13.1. The molecule has 22 heavy (non-hydrogen) atoms. The molecule has 2 aromatic rings. The number of rotatable bonds is 4. The molecule has 1 aliphatic carbocycles. The number of hydrogen-bond acceptors (Lipinski definition) is 3. The Bertz CT molecular complexity index is 753. The van der Waals surface area contributed by atoms with Gasteiger partial charge < -0.3 is 4.90 Å². The molecule has 0 aliphatic heterocycles. The first kappa shape index (κ1) is 14.6. The van der Waals surface area contributed by atoms with Crippen molar-refractivity contribution in [2.45, 2.75) is 32.4 Å². The molecule has 0 N–H and O–H groups in total. The second-order valence-electron chi connectivity index (χ2n) is 5.92. The summed E-state index contributed by atoms with van der Waals surface area (Å²) in [4.78, 5) is 26.1. The van der Waals surface area contributed by atoms with Gasteiger partial charge in [-0.2, -0.15) is 0 Å². The fraction of sp³-hybridized carbons (Fsp3) is 0.438. The molecule has 0 atom stereocenters. The molecule has 6 nitrogen and oxygen atoms in total. The van der Waals surface area contributed by atoms with E-state index in [-0.39, 0.29) is 18.1 Å². The minimum absolute atomic E-state index is 0.00840.